The van der Waals surface area contributed by atoms with Crippen molar-refractivity contribution >= 4 is 0 Å². The van der Waals surface area contributed by atoms with Crippen molar-refractivity contribution in [1.82, 2.24) is 5.32 Å². The van der Waals surface area contributed by atoms with Crippen LogP contribution in [0.15, 0.2) is 24.3 Å². The molecule has 1 aromatic carbocycles. The molecule has 3 nitrogen and oxygen atoms in total. The van der Waals surface area contributed by atoms with E-state index in [0.29, 0.717) is 0 Å². The summed E-state index contributed by atoms with van der Waals surface area (Å²) < 4.78 is 10.8. The SMILES string of the molecule is CCCNC(Cc1ccccc1C)C(OC)OC. The molecule has 0 aliphatic carbocycles. The third-order valence-electron chi connectivity index (χ3n) is 3.15. The zero-order valence-electron chi connectivity index (χ0n) is 11.9. The highest BCUT2D eigenvalue weighted by Crippen LogP contribution is 2.13. The van der Waals surface area contributed by atoms with Crippen LogP contribution in [-0.4, -0.2) is 33.1 Å². The van der Waals surface area contributed by atoms with Gasteiger partial charge in [-0.2, -0.15) is 0 Å². The zero-order valence-corrected chi connectivity index (χ0v) is 11.9. The predicted molar refractivity (Wildman–Crippen MR) is 74.8 cm³/mol. The number of ether oxygens (including phenoxy) is 2. The molecule has 1 N–H and O–H groups in total. The zero-order chi connectivity index (χ0) is 13.4. The van der Waals surface area contributed by atoms with Crippen molar-refractivity contribution in [2.45, 2.75) is 39.0 Å². The summed E-state index contributed by atoms with van der Waals surface area (Å²) in [6.45, 7) is 5.27. The molecule has 1 rings (SSSR count). The van der Waals surface area contributed by atoms with E-state index in [2.05, 4.69) is 43.4 Å². The van der Waals surface area contributed by atoms with Crippen molar-refractivity contribution < 1.29 is 9.47 Å². The molecule has 0 fully saturated rings. The largest absolute Gasteiger partial charge is 0.354 e. The summed E-state index contributed by atoms with van der Waals surface area (Å²) in [7, 11) is 3.37. The van der Waals surface area contributed by atoms with Gasteiger partial charge < -0.3 is 14.8 Å². The maximum Gasteiger partial charge on any atom is 0.172 e. The van der Waals surface area contributed by atoms with Crippen molar-refractivity contribution in [2.75, 3.05) is 20.8 Å². The quantitative estimate of drug-likeness (QED) is 0.720. The van der Waals surface area contributed by atoms with Gasteiger partial charge in [-0.1, -0.05) is 31.2 Å². The van der Waals surface area contributed by atoms with E-state index in [-0.39, 0.29) is 12.3 Å². The summed E-state index contributed by atoms with van der Waals surface area (Å²) in [5.41, 5.74) is 2.65. The number of benzene rings is 1. The Balaban J connectivity index is 2.74. The minimum atomic E-state index is -0.212. The number of hydrogen-bond donors (Lipinski definition) is 1. The van der Waals surface area contributed by atoms with Gasteiger partial charge in [0.2, 0.25) is 0 Å². The molecule has 0 saturated carbocycles. The second kappa shape index (κ2) is 8.25. The Bertz CT molecular complexity index is 337. The highest BCUT2D eigenvalue weighted by Gasteiger charge is 2.20. The van der Waals surface area contributed by atoms with Gasteiger partial charge in [0.15, 0.2) is 6.29 Å². The van der Waals surface area contributed by atoms with Crippen LogP contribution in [0.3, 0.4) is 0 Å². The molecular weight excluding hydrogens is 226 g/mol. The van der Waals surface area contributed by atoms with Gasteiger partial charge in [0.25, 0.3) is 0 Å². The number of aryl methyl sites for hydroxylation is 1. The normalized spacial score (nSPS) is 12.9. The van der Waals surface area contributed by atoms with Gasteiger partial charge in [0.05, 0.1) is 6.04 Å². The average Bonchev–Trinajstić information content (AvgIpc) is 2.39. The van der Waals surface area contributed by atoms with Crippen LogP contribution in [0.25, 0.3) is 0 Å². The topological polar surface area (TPSA) is 30.5 Å². The van der Waals surface area contributed by atoms with Gasteiger partial charge in [0, 0.05) is 14.2 Å². The molecule has 3 heteroatoms. The molecule has 0 saturated heterocycles. The van der Waals surface area contributed by atoms with Gasteiger partial charge in [0.1, 0.15) is 0 Å². The van der Waals surface area contributed by atoms with Gasteiger partial charge in [-0.3, -0.25) is 0 Å². The fraction of sp³-hybridized carbons (Fsp3) is 0.600. The van der Waals surface area contributed by atoms with Crippen LogP contribution in [0.5, 0.6) is 0 Å². The monoisotopic (exact) mass is 251 g/mol. The van der Waals surface area contributed by atoms with Crippen molar-refractivity contribution in [3.63, 3.8) is 0 Å². The van der Waals surface area contributed by atoms with E-state index in [1.54, 1.807) is 14.2 Å². The lowest BCUT2D eigenvalue weighted by atomic mass is 10.0. The molecule has 1 unspecified atom stereocenters. The first-order chi connectivity index (χ1) is 8.72. The molecule has 0 amide bonds. The smallest absolute Gasteiger partial charge is 0.172 e. The molecule has 0 heterocycles. The Morgan fingerprint density at radius 3 is 2.39 bits per heavy atom. The Labute approximate surface area is 110 Å². The van der Waals surface area contributed by atoms with Crippen LogP contribution in [0.4, 0.5) is 0 Å². The number of hydrogen-bond acceptors (Lipinski definition) is 3. The van der Waals surface area contributed by atoms with Crippen molar-refractivity contribution in [1.29, 1.82) is 0 Å². The van der Waals surface area contributed by atoms with E-state index in [1.165, 1.54) is 11.1 Å². The Kier molecular flexibility index (Phi) is 6.94. The van der Waals surface area contributed by atoms with Crippen LogP contribution in [0.1, 0.15) is 24.5 Å². The molecule has 0 radical (unpaired) electrons. The van der Waals surface area contributed by atoms with Crippen molar-refractivity contribution in [3.8, 4) is 0 Å². The van der Waals surface area contributed by atoms with Gasteiger partial charge in [-0.15, -0.1) is 0 Å². The standard InChI is InChI=1S/C15H25NO2/c1-5-10-16-14(15(17-3)18-4)11-13-9-7-6-8-12(13)2/h6-9,14-16H,5,10-11H2,1-4H3. The summed E-state index contributed by atoms with van der Waals surface area (Å²) in [6.07, 6.45) is 1.81. The molecule has 0 aliphatic rings. The summed E-state index contributed by atoms with van der Waals surface area (Å²) in [5.74, 6) is 0. The first-order valence-corrected chi connectivity index (χ1v) is 6.56. The second-order valence-corrected chi connectivity index (χ2v) is 4.53. The van der Waals surface area contributed by atoms with Crippen LogP contribution in [0.2, 0.25) is 0 Å². The molecule has 0 bridgehead atoms. The van der Waals surface area contributed by atoms with E-state index in [0.717, 1.165) is 19.4 Å². The molecule has 102 valence electrons. The van der Waals surface area contributed by atoms with E-state index in [4.69, 9.17) is 9.47 Å². The lowest BCUT2D eigenvalue weighted by molar-refractivity contribution is -0.122. The summed E-state index contributed by atoms with van der Waals surface area (Å²) in [5, 5.41) is 3.50. The predicted octanol–water partition coefficient (Wildman–Crippen LogP) is 2.52. The molecule has 18 heavy (non-hydrogen) atoms. The van der Waals surface area contributed by atoms with E-state index >= 15 is 0 Å². The second-order valence-electron chi connectivity index (χ2n) is 4.53. The average molecular weight is 251 g/mol. The first kappa shape index (κ1) is 15.2. The number of rotatable bonds is 8. The van der Waals surface area contributed by atoms with E-state index in [9.17, 15) is 0 Å². The fourth-order valence-corrected chi connectivity index (χ4v) is 2.10. The third kappa shape index (κ3) is 4.41. The minimum absolute atomic E-state index is 0.182. The van der Waals surface area contributed by atoms with Crippen LogP contribution < -0.4 is 5.32 Å². The molecule has 1 atom stereocenters. The van der Waals surface area contributed by atoms with E-state index < -0.39 is 0 Å². The van der Waals surface area contributed by atoms with E-state index in [1.807, 2.05) is 0 Å². The number of methoxy groups -OCH3 is 2. The fourth-order valence-electron chi connectivity index (χ4n) is 2.10. The molecule has 0 aromatic heterocycles. The summed E-state index contributed by atoms with van der Waals surface area (Å²) in [4.78, 5) is 0. The Morgan fingerprint density at radius 2 is 1.83 bits per heavy atom. The summed E-state index contributed by atoms with van der Waals surface area (Å²) in [6, 6.07) is 8.63. The third-order valence-corrected chi connectivity index (χ3v) is 3.15. The van der Waals surface area contributed by atoms with Crippen molar-refractivity contribution in [2.24, 2.45) is 0 Å². The maximum atomic E-state index is 5.39. The lowest BCUT2D eigenvalue weighted by Gasteiger charge is -2.26. The number of nitrogens with one attached hydrogen (secondary N) is 1. The summed E-state index contributed by atoms with van der Waals surface area (Å²) >= 11 is 0. The van der Waals surface area contributed by atoms with Crippen LogP contribution >= 0.6 is 0 Å². The Morgan fingerprint density at radius 1 is 1.17 bits per heavy atom. The Hall–Kier alpha value is -0.900. The maximum absolute atomic E-state index is 5.39. The van der Waals surface area contributed by atoms with Crippen LogP contribution in [-0.2, 0) is 15.9 Å². The first-order valence-electron chi connectivity index (χ1n) is 6.56. The molecule has 1 aromatic rings. The minimum Gasteiger partial charge on any atom is -0.354 e. The van der Waals surface area contributed by atoms with Gasteiger partial charge >= 0.3 is 0 Å². The van der Waals surface area contributed by atoms with Crippen molar-refractivity contribution in [3.05, 3.63) is 35.4 Å². The molecular formula is C15H25NO2. The highest BCUT2D eigenvalue weighted by atomic mass is 16.7. The highest BCUT2D eigenvalue weighted by molar-refractivity contribution is 5.26. The lowest BCUT2D eigenvalue weighted by Crippen LogP contribution is -2.44. The van der Waals surface area contributed by atoms with Gasteiger partial charge in [-0.25, -0.2) is 0 Å². The van der Waals surface area contributed by atoms with Crippen LogP contribution in [0, 0.1) is 6.92 Å². The molecule has 0 spiro atoms. The molecule has 0 aliphatic heterocycles. The van der Waals surface area contributed by atoms with Gasteiger partial charge in [-0.05, 0) is 37.4 Å².